The van der Waals surface area contributed by atoms with Gasteiger partial charge in [0.2, 0.25) is 0 Å². The number of nitriles is 6. The lowest BCUT2D eigenvalue weighted by Crippen LogP contribution is -2.00. The van der Waals surface area contributed by atoms with Gasteiger partial charge in [-0.15, -0.1) is 0 Å². The fraction of sp³-hybridized carbons (Fsp3) is 0.650. The Morgan fingerprint density at radius 2 is 0.452 bits per heavy atom. The van der Waals surface area contributed by atoms with Crippen LogP contribution in [0.25, 0.3) is 0 Å². The molecule has 0 bridgehead atoms. The summed E-state index contributed by atoms with van der Waals surface area (Å²) in [6, 6.07) is 39.0. The van der Waals surface area contributed by atoms with E-state index in [1.165, 1.54) is 90.7 Å². The third-order valence-corrected chi connectivity index (χ3v) is 21.2. The highest BCUT2D eigenvalue weighted by atomic mass is 14.4. The van der Waals surface area contributed by atoms with Crippen LogP contribution in [0.3, 0.4) is 0 Å². The van der Waals surface area contributed by atoms with Gasteiger partial charge in [-0.25, -0.2) is 0 Å². The molecule has 0 amide bonds. The predicted octanol–water partition coefficient (Wildman–Crippen LogP) is 41.3. The van der Waals surface area contributed by atoms with E-state index in [1.54, 1.807) is 0 Å². The second kappa shape index (κ2) is 103. The highest BCUT2D eigenvalue weighted by Gasteiger charge is 2.33. The maximum Gasteiger partial charge on any atom is 0.0997 e. The average molecular weight is 1750 g/mol. The molecule has 0 radical (unpaired) electrons. The third kappa shape index (κ3) is 49.7. The molecule has 0 fully saturated rings. The number of rotatable bonds is 0. The minimum atomic E-state index is 0. The van der Waals surface area contributed by atoms with Gasteiger partial charge in [0.1, 0.15) is 0 Å². The van der Waals surface area contributed by atoms with Crippen molar-refractivity contribution in [3.05, 3.63) is 206 Å². The van der Waals surface area contributed by atoms with E-state index in [0.29, 0.717) is 47.3 Å². The van der Waals surface area contributed by atoms with Crippen LogP contribution in [0.5, 0.6) is 0 Å². The van der Waals surface area contributed by atoms with Gasteiger partial charge < -0.3 is 0 Å². The topological polar surface area (TPSA) is 143 Å². The van der Waals surface area contributed by atoms with E-state index in [2.05, 4.69) is 194 Å². The monoisotopic (exact) mass is 1750 g/mol. The molecule has 12 rings (SSSR count). The van der Waals surface area contributed by atoms with Gasteiger partial charge in [0.25, 0.3) is 0 Å². The van der Waals surface area contributed by atoms with Crippen LogP contribution >= 0.6 is 0 Å². The first kappa shape index (κ1) is 162. The van der Waals surface area contributed by atoms with Crippen molar-refractivity contribution < 1.29 is 0 Å². The maximum atomic E-state index is 9.14. The van der Waals surface area contributed by atoms with Crippen LogP contribution in [0.4, 0.5) is 0 Å². The van der Waals surface area contributed by atoms with Crippen molar-refractivity contribution in [3.8, 4) is 36.4 Å². The van der Waals surface area contributed by atoms with Gasteiger partial charge >= 0.3 is 0 Å². The summed E-state index contributed by atoms with van der Waals surface area (Å²) < 4.78 is 0. The molecular formula is C120H222N6. The Morgan fingerprint density at radius 3 is 0.825 bits per heavy atom. The molecule has 0 aromatic heterocycles. The molecule has 0 spiro atoms. The fourth-order valence-corrected chi connectivity index (χ4v) is 14.4. The molecule has 6 aliphatic rings. The normalized spacial score (nSPS) is 17.1. The summed E-state index contributed by atoms with van der Waals surface area (Å²) in [6.07, 6.45) is 6.81. The van der Waals surface area contributed by atoms with Crippen LogP contribution in [0, 0.1) is 145 Å². The molecule has 0 saturated heterocycles. The van der Waals surface area contributed by atoms with Crippen LogP contribution in [0.15, 0.2) is 72.8 Å². The van der Waals surface area contributed by atoms with E-state index < -0.39 is 0 Å². The van der Waals surface area contributed by atoms with Gasteiger partial charge in [-0.2, -0.15) is 31.6 Å². The third-order valence-electron chi connectivity index (χ3n) is 21.2. The Morgan fingerprint density at radius 1 is 0.206 bits per heavy atom. The number of hydrogen-bond donors (Lipinski definition) is 0. The highest BCUT2D eigenvalue weighted by Crippen LogP contribution is 2.45. The van der Waals surface area contributed by atoms with Crippen molar-refractivity contribution >= 4 is 0 Å². The molecule has 0 aliphatic heterocycles. The second-order valence-electron chi connectivity index (χ2n) is 26.5. The van der Waals surface area contributed by atoms with Gasteiger partial charge in [-0.3, -0.25) is 0 Å². The molecular weight excluding hydrogens is 1530 g/mol. The van der Waals surface area contributed by atoms with Crippen LogP contribution in [-0.4, -0.2) is 0 Å². The summed E-state index contributed by atoms with van der Waals surface area (Å²) in [6.45, 7) is 111. The Balaban J connectivity index is -0.0000000640. The number of hydrogen-bond acceptors (Lipinski definition) is 6. The Labute approximate surface area is 797 Å². The Hall–Kier alpha value is -7.74. The van der Waals surface area contributed by atoms with Crippen molar-refractivity contribution in [2.75, 3.05) is 0 Å². The number of nitrogens with zero attached hydrogens (tertiary/aromatic N) is 6. The number of aryl methyl sites for hydroxylation is 4. The standard InChI is InChI=1S/6C13H15N.18C2H6.6CH4/c1-8-4-11-6-12(7-14)9(2)5-13(11)10(8)3;1-8-4-11-5-9(2)12(7-14)6-13(11)10(8)3;1-8-6-13-10(3)11(7-14)4-5-12(13)9(8)2;1-8-6-11-4-5-12(7-14)10(3)13(11)9(8)2;1-8-4-5-11-10(3)9(2)6-12(11)13(8)7-14;1-8-4-5-11-6-9(2)10(3)13(11)12(8)7-14;18*1-2;;;;;;/h2*5-6,8,10H,4H2,1-3H3;2*4-5,8-9H,6H2,1-3H3;2*4-5,9-10H,6H2,1-3H3;18*1-2H3;6*1H4/t2*8-,10-;2*8-,9-;2*9-,10-;;;;;;;;;;;;;;;;;;;;;;;;/m000000......................../s1. The zero-order valence-electron chi connectivity index (χ0n) is 89.8. The zero-order valence-corrected chi connectivity index (χ0v) is 89.8. The highest BCUT2D eigenvalue weighted by molar-refractivity contribution is 5.55. The van der Waals surface area contributed by atoms with Gasteiger partial charge in [0.15, 0.2) is 0 Å². The van der Waals surface area contributed by atoms with E-state index >= 15 is 0 Å². The lowest BCUT2D eigenvalue weighted by molar-refractivity contribution is 0.531. The summed E-state index contributed by atoms with van der Waals surface area (Å²) in [7, 11) is 0. The molecule has 0 heterocycles. The van der Waals surface area contributed by atoms with Gasteiger partial charge in [-0.1, -0.05) is 425 Å². The quantitative estimate of drug-likeness (QED) is 0.148. The fourth-order valence-electron chi connectivity index (χ4n) is 14.4. The van der Waals surface area contributed by atoms with Gasteiger partial charge in [0, 0.05) is 0 Å². The van der Waals surface area contributed by atoms with Crippen LogP contribution in [0.1, 0.15) is 546 Å². The van der Waals surface area contributed by atoms with E-state index in [0.717, 1.165) is 105 Å². The average Bonchev–Trinajstić information content (AvgIpc) is 1.62. The van der Waals surface area contributed by atoms with Gasteiger partial charge in [0.05, 0.1) is 69.8 Å². The van der Waals surface area contributed by atoms with Crippen LogP contribution in [-0.2, 0) is 38.5 Å². The predicted molar refractivity (Wildman–Crippen MR) is 588 cm³/mol. The molecule has 6 heteroatoms. The van der Waals surface area contributed by atoms with E-state index in [9.17, 15) is 0 Å². The summed E-state index contributed by atoms with van der Waals surface area (Å²) in [5, 5.41) is 54.0. The van der Waals surface area contributed by atoms with Crippen molar-refractivity contribution in [1.82, 2.24) is 0 Å². The molecule has 0 saturated carbocycles. The summed E-state index contributed by atoms with van der Waals surface area (Å²) >= 11 is 0. The van der Waals surface area contributed by atoms with Crippen molar-refractivity contribution in [2.24, 2.45) is 35.5 Å². The first-order valence-electron chi connectivity index (χ1n) is 49.0. The Bertz CT molecular complexity index is 3710. The van der Waals surface area contributed by atoms with Crippen LogP contribution < -0.4 is 0 Å². The lowest BCUT2D eigenvalue weighted by Gasteiger charge is -2.12. The largest absolute Gasteiger partial charge is 0.192 e. The second-order valence-corrected chi connectivity index (χ2v) is 26.5. The number of benzene rings is 6. The Kier molecular flexibility index (Phi) is 132. The van der Waals surface area contributed by atoms with Gasteiger partial charge in [-0.05, 0) is 275 Å². The summed E-state index contributed by atoms with van der Waals surface area (Å²) in [5.74, 6) is 7.91. The minimum absolute atomic E-state index is 0. The van der Waals surface area contributed by atoms with Crippen molar-refractivity contribution in [1.29, 1.82) is 31.6 Å². The molecule has 0 unspecified atom stereocenters. The van der Waals surface area contributed by atoms with E-state index in [4.69, 9.17) is 31.6 Å². The van der Waals surface area contributed by atoms with Crippen molar-refractivity contribution in [3.63, 3.8) is 0 Å². The smallest absolute Gasteiger partial charge is 0.0997 e. The molecule has 0 N–H and O–H groups in total. The first-order chi connectivity index (χ1) is 57.8. The zero-order chi connectivity index (χ0) is 97.8. The van der Waals surface area contributed by atoms with Crippen molar-refractivity contribution in [2.45, 2.75) is 492 Å². The summed E-state index contributed by atoms with van der Waals surface area (Å²) in [4.78, 5) is 0. The molecule has 126 heavy (non-hydrogen) atoms. The SMILES string of the molecule is C.C.C.C.C.C.CC.CC.CC.CC.CC.CC.CC.CC.CC.CC.CC.CC.CC.CC.CC.CC.CC.CC.Cc1c(C#N)ccc2c1C[C@H](C)[C@@H]2C.Cc1c(C#N)ccc2c1[C@@H](C)[C@@H](C)C2.Cc1cc2c(cc1C#N)C[C@H](C)[C@@H]2C.Cc1cc2c(cc1C#N)[C@@H](C)[C@@H](C)C2.Cc1ccc2c(c1C#N)C[C@H](C)[C@@H]2C.Cc1ccc2c(c1C#N)[C@@H](C)[C@@H](C)C2. The van der Waals surface area contributed by atoms with Crippen LogP contribution in [0.2, 0.25) is 0 Å². The lowest BCUT2D eigenvalue weighted by atomic mass is 9.91. The molecule has 6 aromatic carbocycles. The van der Waals surface area contributed by atoms with E-state index in [-0.39, 0.29) is 44.6 Å². The molecule has 6 aliphatic carbocycles. The first-order valence-corrected chi connectivity index (χ1v) is 49.0. The summed E-state index contributed by atoms with van der Waals surface area (Å²) in [5.41, 5.74) is 28.8. The minimum Gasteiger partial charge on any atom is -0.192 e. The van der Waals surface area contributed by atoms with E-state index in [1.807, 2.05) is 289 Å². The number of fused-ring (bicyclic) bond motifs is 6. The maximum absolute atomic E-state index is 9.14. The molecule has 6 aromatic rings. The molecule has 12 atom stereocenters. The molecule has 732 valence electrons. The molecule has 6 nitrogen and oxygen atoms in total.